The molecule has 0 fully saturated rings. The molecule has 0 aromatic heterocycles. The Balaban J connectivity index is 2.89. The van der Waals surface area contributed by atoms with Crippen LogP contribution >= 0.6 is 0 Å². The monoisotopic (exact) mass is 246 g/mol. The number of hydrogen-bond donors (Lipinski definition) is 2. The van der Waals surface area contributed by atoms with Gasteiger partial charge in [-0.2, -0.15) is 0 Å². The molecule has 0 spiro atoms. The molecule has 0 saturated heterocycles. The zero-order valence-corrected chi connectivity index (χ0v) is 11.8. The summed E-state index contributed by atoms with van der Waals surface area (Å²) < 4.78 is 10.8. The lowest BCUT2D eigenvalue weighted by atomic mass is 10.1. The number of rotatable bonds is 13. The molecule has 0 aromatic rings. The van der Waals surface area contributed by atoms with E-state index in [2.05, 4.69) is 31.4 Å². The molecule has 2 N–H and O–H groups in total. The second kappa shape index (κ2) is 13.9. The second-order valence-corrected chi connectivity index (χ2v) is 4.51. The van der Waals surface area contributed by atoms with Crippen LogP contribution in [0.4, 0.5) is 0 Å². The molecule has 0 aromatic carbocycles. The van der Waals surface area contributed by atoms with Crippen LogP contribution in [0, 0.1) is 5.92 Å². The zero-order chi connectivity index (χ0) is 12.8. The number of likely N-dealkylation sites (N-methyl/N-ethyl adjacent to an activating group) is 1. The van der Waals surface area contributed by atoms with Gasteiger partial charge in [-0.1, -0.05) is 20.8 Å². The standard InChI is InChI=1S/C13H30N2O2/c1-4-14-7-9-16-11-12-17-10-8-15-6-5-13(2)3/h13-15H,4-12H2,1-3H3. The van der Waals surface area contributed by atoms with Crippen molar-refractivity contribution in [2.24, 2.45) is 5.92 Å². The fourth-order valence-corrected chi connectivity index (χ4v) is 1.30. The Kier molecular flexibility index (Phi) is 13.8. The van der Waals surface area contributed by atoms with Gasteiger partial charge in [0.1, 0.15) is 0 Å². The largest absolute Gasteiger partial charge is 0.378 e. The summed E-state index contributed by atoms with van der Waals surface area (Å²) in [6, 6.07) is 0. The molecule has 0 saturated carbocycles. The molecule has 0 aliphatic heterocycles. The topological polar surface area (TPSA) is 42.5 Å². The van der Waals surface area contributed by atoms with Crippen molar-refractivity contribution < 1.29 is 9.47 Å². The van der Waals surface area contributed by atoms with Crippen LogP contribution in [0.5, 0.6) is 0 Å². The van der Waals surface area contributed by atoms with Gasteiger partial charge in [-0.05, 0) is 25.4 Å². The van der Waals surface area contributed by atoms with Gasteiger partial charge >= 0.3 is 0 Å². The summed E-state index contributed by atoms with van der Waals surface area (Å²) in [4.78, 5) is 0. The maximum atomic E-state index is 5.44. The van der Waals surface area contributed by atoms with Crippen LogP contribution < -0.4 is 10.6 Å². The molecule has 17 heavy (non-hydrogen) atoms. The average molecular weight is 246 g/mol. The van der Waals surface area contributed by atoms with E-state index in [1.54, 1.807) is 0 Å². The van der Waals surface area contributed by atoms with Crippen molar-refractivity contribution in [3.63, 3.8) is 0 Å². The van der Waals surface area contributed by atoms with Gasteiger partial charge in [0.15, 0.2) is 0 Å². The summed E-state index contributed by atoms with van der Waals surface area (Å²) in [6.45, 7) is 13.4. The maximum Gasteiger partial charge on any atom is 0.0701 e. The van der Waals surface area contributed by atoms with Gasteiger partial charge in [-0.3, -0.25) is 0 Å². The quantitative estimate of drug-likeness (QED) is 0.480. The van der Waals surface area contributed by atoms with E-state index in [1.165, 1.54) is 6.42 Å². The molecule has 0 aliphatic carbocycles. The van der Waals surface area contributed by atoms with Gasteiger partial charge in [0.25, 0.3) is 0 Å². The Morgan fingerprint density at radius 3 is 1.94 bits per heavy atom. The summed E-state index contributed by atoms with van der Waals surface area (Å²) >= 11 is 0. The van der Waals surface area contributed by atoms with Gasteiger partial charge in [0.05, 0.1) is 26.4 Å². The first kappa shape index (κ1) is 16.8. The first-order valence-electron chi connectivity index (χ1n) is 6.84. The van der Waals surface area contributed by atoms with E-state index in [9.17, 15) is 0 Å². The SMILES string of the molecule is CCNCCOCCOCCNCCC(C)C. The van der Waals surface area contributed by atoms with Crippen LogP contribution in [0.25, 0.3) is 0 Å². The van der Waals surface area contributed by atoms with Crippen molar-refractivity contribution in [1.29, 1.82) is 0 Å². The van der Waals surface area contributed by atoms with Crippen LogP contribution in [-0.2, 0) is 9.47 Å². The fourth-order valence-electron chi connectivity index (χ4n) is 1.30. The Bertz CT molecular complexity index is 143. The smallest absolute Gasteiger partial charge is 0.0701 e. The van der Waals surface area contributed by atoms with E-state index in [0.29, 0.717) is 13.2 Å². The molecule has 0 amide bonds. The Morgan fingerprint density at radius 1 is 0.824 bits per heavy atom. The molecule has 0 unspecified atom stereocenters. The Morgan fingerprint density at radius 2 is 1.41 bits per heavy atom. The highest BCUT2D eigenvalue weighted by molar-refractivity contribution is 4.50. The molecule has 4 heteroatoms. The highest BCUT2D eigenvalue weighted by Gasteiger charge is 1.93. The van der Waals surface area contributed by atoms with Crippen LogP contribution in [0.15, 0.2) is 0 Å². The van der Waals surface area contributed by atoms with E-state index in [1.807, 2.05) is 0 Å². The van der Waals surface area contributed by atoms with Gasteiger partial charge in [0.2, 0.25) is 0 Å². The van der Waals surface area contributed by atoms with Crippen molar-refractivity contribution in [2.45, 2.75) is 27.2 Å². The predicted octanol–water partition coefficient (Wildman–Crippen LogP) is 1.26. The normalized spacial score (nSPS) is 11.3. The predicted molar refractivity (Wildman–Crippen MR) is 72.5 cm³/mol. The minimum atomic E-state index is 0.692. The summed E-state index contributed by atoms with van der Waals surface area (Å²) in [5, 5.41) is 6.57. The van der Waals surface area contributed by atoms with Gasteiger partial charge in [-0.15, -0.1) is 0 Å². The lowest BCUT2D eigenvalue weighted by Gasteiger charge is -2.08. The first-order chi connectivity index (χ1) is 8.27. The minimum Gasteiger partial charge on any atom is -0.378 e. The third-order valence-corrected chi connectivity index (χ3v) is 2.37. The Labute approximate surface area is 106 Å². The Hall–Kier alpha value is -0.160. The van der Waals surface area contributed by atoms with E-state index in [-0.39, 0.29) is 0 Å². The second-order valence-electron chi connectivity index (χ2n) is 4.51. The average Bonchev–Trinajstić information content (AvgIpc) is 2.30. The molecule has 0 heterocycles. The lowest BCUT2D eigenvalue weighted by Crippen LogP contribution is -2.23. The molecular weight excluding hydrogens is 216 g/mol. The molecule has 104 valence electrons. The van der Waals surface area contributed by atoms with Crippen LogP contribution in [0.2, 0.25) is 0 Å². The molecular formula is C13H30N2O2. The molecule has 0 aliphatic rings. The minimum absolute atomic E-state index is 0.692. The van der Waals surface area contributed by atoms with Crippen molar-refractivity contribution >= 4 is 0 Å². The first-order valence-corrected chi connectivity index (χ1v) is 6.84. The number of hydrogen-bond acceptors (Lipinski definition) is 4. The van der Waals surface area contributed by atoms with E-state index >= 15 is 0 Å². The summed E-state index contributed by atoms with van der Waals surface area (Å²) in [5.74, 6) is 0.772. The van der Waals surface area contributed by atoms with Gasteiger partial charge in [0, 0.05) is 13.1 Å². The van der Waals surface area contributed by atoms with Crippen LogP contribution in [0.3, 0.4) is 0 Å². The van der Waals surface area contributed by atoms with Crippen molar-refractivity contribution in [3.8, 4) is 0 Å². The summed E-state index contributed by atoms with van der Waals surface area (Å²) in [5.41, 5.74) is 0. The summed E-state index contributed by atoms with van der Waals surface area (Å²) in [7, 11) is 0. The van der Waals surface area contributed by atoms with E-state index in [4.69, 9.17) is 9.47 Å². The van der Waals surface area contributed by atoms with Crippen molar-refractivity contribution in [1.82, 2.24) is 10.6 Å². The van der Waals surface area contributed by atoms with Gasteiger partial charge in [-0.25, -0.2) is 0 Å². The zero-order valence-electron chi connectivity index (χ0n) is 11.8. The molecule has 0 radical (unpaired) electrons. The fraction of sp³-hybridized carbons (Fsp3) is 1.00. The van der Waals surface area contributed by atoms with Crippen molar-refractivity contribution in [2.75, 3.05) is 52.6 Å². The summed E-state index contributed by atoms with van der Waals surface area (Å²) in [6.07, 6.45) is 1.23. The lowest BCUT2D eigenvalue weighted by molar-refractivity contribution is 0.0500. The van der Waals surface area contributed by atoms with E-state index < -0.39 is 0 Å². The van der Waals surface area contributed by atoms with Crippen LogP contribution in [-0.4, -0.2) is 52.6 Å². The molecule has 0 bridgehead atoms. The molecule has 0 atom stereocenters. The number of nitrogens with one attached hydrogen (secondary N) is 2. The molecule has 0 rings (SSSR count). The van der Waals surface area contributed by atoms with E-state index in [0.717, 1.165) is 45.3 Å². The number of ether oxygens (including phenoxy) is 2. The molecule has 4 nitrogen and oxygen atoms in total. The third-order valence-electron chi connectivity index (χ3n) is 2.37. The highest BCUT2D eigenvalue weighted by Crippen LogP contribution is 1.95. The van der Waals surface area contributed by atoms with Crippen molar-refractivity contribution in [3.05, 3.63) is 0 Å². The maximum absolute atomic E-state index is 5.44. The van der Waals surface area contributed by atoms with Gasteiger partial charge < -0.3 is 20.1 Å². The van der Waals surface area contributed by atoms with Crippen LogP contribution in [0.1, 0.15) is 27.2 Å². The highest BCUT2D eigenvalue weighted by atomic mass is 16.5. The third kappa shape index (κ3) is 15.8.